The van der Waals surface area contributed by atoms with Crippen molar-refractivity contribution in [2.75, 3.05) is 33.3 Å². The van der Waals surface area contributed by atoms with E-state index in [2.05, 4.69) is 17.1 Å². The van der Waals surface area contributed by atoms with Gasteiger partial charge >= 0.3 is 0 Å². The second-order valence-corrected chi connectivity index (χ2v) is 4.24. The molecule has 0 spiro atoms. The Labute approximate surface area is 96.6 Å². The highest BCUT2D eigenvalue weighted by molar-refractivity contribution is 5.04. The molecule has 1 aliphatic rings. The van der Waals surface area contributed by atoms with E-state index in [9.17, 15) is 0 Å². The van der Waals surface area contributed by atoms with Gasteiger partial charge in [-0.3, -0.25) is 4.90 Å². The van der Waals surface area contributed by atoms with E-state index >= 15 is 0 Å². The lowest BCUT2D eigenvalue weighted by molar-refractivity contribution is -0.0418. The van der Waals surface area contributed by atoms with Gasteiger partial charge in [-0.1, -0.05) is 0 Å². The molecular weight excluding hydrogens is 204 g/mol. The Morgan fingerprint density at radius 2 is 2.50 bits per heavy atom. The molecule has 0 aliphatic carbocycles. The normalized spacial score (nSPS) is 24.5. The van der Waals surface area contributed by atoms with Gasteiger partial charge in [-0.25, -0.2) is 0 Å². The minimum atomic E-state index is 0.288. The van der Waals surface area contributed by atoms with Crippen molar-refractivity contribution >= 4 is 0 Å². The van der Waals surface area contributed by atoms with Crippen molar-refractivity contribution < 1.29 is 9.15 Å². The number of likely N-dealkylation sites (N-methyl/N-ethyl adjacent to an activating group) is 1. The molecule has 0 aromatic carbocycles. The highest BCUT2D eigenvalue weighted by Gasteiger charge is 2.25. The lowest BCUT2D eigenvalue weighted by Gasteiger charge is -2.36. The minimum Gasteiger partial charge on any atom is -0.468 e. The van der Waals surface area contributed by atoms with Gasteiger partial charge in [0.15, 0.2) is 0 Å². The van der Waals surface area contributed by atoms with E-state index in [4.69, 9.17) is 9.15 Å². The zero-order valence-corrected chi connectivity index (χ0v) is 9.98. The number of morpholine rings is 1. The molecule has 1 fully saturated rings. The Bertz CT molecular complexity index is 298. The fourth-order valence-electron chi connectivity index (χ4n) is 2.15. The molecule has 0 saturated carbocycles. The first kappa shape index (κ1) is 11.6. The molecule has 4 heteroatoms. The standard InChI is InChI=1S/C12H20N2O2/c1-10(12-4-3-6-16-12)14-5-7-15-11(9-14)8-13-2/h3-4,6,10-11,13H,5,7-9H2,1-2H3. The summed E-state index contributed by atoms with van der Waals surface area (Å²) >= 11 is 0. The predicted molar refractivity (Wildman–Crippen MR) is 62.4 cm³/mol. The van der Waals surface area contributed by atoms with Crippen LogP contribution in [0.5, 0.6) is 0 Å². The van der Waals surface area contributed by atoms with Gasteiger partial charge in [0, 0.05) is 19.6 Å². The number of nitrogens with one attached hydrogen (secondary N) is 1. The Balaban J connectivity index is 1.93. The van der Waals surface area contributed by atoms with Crippen molar-refractivity contribution in [3.8, 4) is 0 Å². The maximum absolute atomic E-state index is 5.68. The van der Waals surface area contributed by atoms with Crippen LogP contribution in [-0.4, -0.2) is 44.3 Å². The first-order chi connectivity index (χ1) is 7.81. The lowest BCUT2D eigenvalue weighted by atomic mass is 10.1. The summed E-state index contributed by atoms with van der Waals surface area (Å²) in [6, 6.07) is 4.31. The van der Waals surface area contributed by atoms with E-state index < -0.39 is 0 Å². The molecular formula is C12H20N2O2. The van der Waals surface area contributed by atoms with Gasteiger partial charge in [0.2, 0.25) is 0 Å². The summed E-state index contributed by atoms with van der Waals surface area (Å²) in [6.45, 7) is 5.82. The molecule has 1 saturated heterocycles. The quantitative estimate of drug-likeness (QED) is 0.835. The van der Waals surface area contributed by atoms with Gasteiger partial charge in [-0.05, 0) is 26.1 Å². The third-order valence-corrected chi connectivity index (χ3v) is 3.10. The van der Waals surface area contributed by atoms with Crippen LogP contribution in [0.4, 0.5) is 0 Å². The van der Waals surface area contributed by atoms with Gasteiger partial charge in [0.05, 0.1) is 25.0 Å². The number of rotatable bonds is 4. The zero-order chi connectivity index (χ0) is 11.4. The fraction of sp³-hybridized carbons (Fsp3) is 0.667. The molecule has 4 nitrogen and oxygen atoms in total. The van der Waals surface area contributed by atoms with Gasteiger partial charge in [0.1, 0.15) is 5.76 Å². The number of nitrogens with zero attached hydrogens (tertiary/aromatic N) is 1. The van der Waals surface area contributed by atoms with Crippen molar-refractivity contribution in [3.05, 3.63) is 24.2 Å². The van der Waals surface area contributed by atoms with E-state index in [1.54, 1.807) is 6.26 Å². The summed E-state index contributed by atoms with van der Waals surface area (Å²) in [4.78, 5) is 2.41. The van der Waals surface area contributed by atoms with Crippen LogP contribution in [0, 0.1) is 0 Å². The summed E-state index contributed by atoms with van der Waals surface area (Å²) < 4.78 is 11.1. The molecule has 2 heterocycles. The van der Waals surface area contributed by atoms with E-state index in [0.29, 0.717) is 6.04 Å². The highest BCUT2D eigenvalue weighted by atomic mass is 16.5. The van der Waals surface area contributed by atoms with Gasteiger partial charge in [-0.2, -0.15) is 0 Å². The molecule has 1 aromatic rings. The molecule has 1 aliphatic heterocycles. The van der Waals surface area contributed by atoms with Crippen molar-refractivity contribution in [2.24, 2.45) is 0 Å². The molecule has 2 unspecified atom stereocenters. The smallest absolute Gasteiger partial charge is 0.120 e. The van der Waals surface area contributed by atoms with Crippen molar-refractivity contribution in [2.45, 2.75) is 19.1 Å². The van der Waals surface area contributed by atoms with Crippen LogP contribution in [0.2, 0.25) is 0 Å². The molecule has 1 N–H and O–H groups in total. The van der Waals surface area contributed by atoms with Crippen LogP contribution in [0.3, 0.4) is 0 Å². The number of hydrogen-bond donors (Lipinski definition) is 1. The van der Waals surface area contributed by atoms with Crippen LogP contribution < -0.4 is 5.32 Å². The first-order valence-corrected chi connectivity index (χ1v) is 5.85. The average molecular weight is 224 g/mol. The predicted octanol–water partition coefficient (Wildman–Crippen LogP) is 1.26. The minimum absolute atomic E-state index is 0.288. The number of hydrogen-bond acceptors (Lipinski definition) is 4. The summed E-state index contributed by atoms with van der Waals surface area (Å²) in [5.74, 6) is 1.03. The molecule has 0 radical (unpaired) electrons. The summed E-state index contributed by atoms with van der Waals surface area (Å²) in [5.41, 5.74) is 0. The Hall–Kier alpha value is -0.840. The van der Waals surface area contributed by atoms with E-state index in [1.165, 1.54) is 0 Å². The van der Waals surface area contributed by atoms with Crippen molar-refractivity contribution in [1.29, 1.82) is 0 Å². The van der Waals surface area contributed by atoms with Crippen LogP contribution >= 0.6 is 0 Å². The molecule has 2 atom stereocenters. The monoisotopic (exact) mass is 224 g/mol. The Morgan fingerprint density at radius 3 is 3.19 bits per heavy atom. The van der Waals surface area contributed by atoms with Crippen molar-refractivity contribution in [3.63, 3.8) is 0 Å². The molecule has 90 valence electrons. The van der Waals surface area contributed by atoms with E-state index in [-0.39, 0.29) is 6.10 Å². The van der Waals surface area contributed by atoms with Crippen LogP contribution in [0.25, 0.3) is 0 Å². The molecule has 2 rings (SSSR count). The zero-order valence-electron chi connectivity index (χ0n) is 9.98. The maximum atomic E-state index is 5.68. The number of ether oxygens (including phenoxy) is 1. The summed E-state index contributed by atoms with van der Waals surface area (Å²) in [7, 11) is 1.96. The largest absolute Gasteiger partial charge is 0.468 e. The van der Waals surface area contributed by atoms with Gasteiger partial charge in [-0.15, -0.1) is 0 Å². The second kappa shape index (κ2) is 5.48. The fourth-order valence-corrected chi connectivity index (χ4v) is 2.15. The molecule has 16 heavy (non-hydrogen) atoms. The van der Waals surface area contributed by atoms with E-state index in [1.807, 2.05) is 19.2 Å². The SMILES string of the molecule is CNCC1CN(C(C)c2ccco2)CCO1. The van der Waals surface area contributed by atoms with E-state index in [0.717, 1.165) is 32.0 Å². The highest BCUT2D eigenvalue weighted by Crippen LogP contribution is 2.22. The third kappa shape index (κ3) is 2.64. The summed E-state index contributed by atoms with van der Waals surface area (Å²) in [5, 5.41) is 3.16. The van der Waals surface area contributed by atoms with Crippen molar-refractivity contribution in [1.82, 2.24) is 10.2 Å². The lowest BCUT2D eigenvalue weighted by Crippen LogP contribution is -2.46. The Kier molecular flexibility index (Phi) is 3.98. The topological polar surface area (TPSA) is 37.6 Å². The Morgan fingerprint density at radius 1 is 1.62 bits per heavy atom. The van der Waals surface area contributed by atoms with Gasteiger partial charge < -0.3 is 14.5 Å². The summed E-state index contributed by atoms with van der Waals surface area (Å²) in [6.07, 6.45) is 2.02. The molecule has 1 aromatic heterocycles. The van der Waals surface area contributed by atoms with Gasteiger partial charge in [0.25, 0.3) is 0 Å². The number of furan rings is 1. The average Bonchev–Trinajstić information content (AvgIpc) is 2.82. The van der Waals surface area contributed by atoms with Crippen LogP contribution in [-0.2, 0) is 4.74 Å². The maximum Gasteiger partial charge on any atom is 0.120 e. The third-order valence-electron chi connectivity index (χ3n) is 3.10. The van der Waals surface area contributed by atoms with Crippen LogP contribution in [0.1, 0.15) is 18.7 Å². The first-order valence-electron chi connectivity index (χ1n) is 5.85. The second-order valence-electron chi connectivity index (χ2n) is 4.24. The molecule has 0 bridgehead atoms. The van der Waals surface area contributed by atoms with Crippen LogP contribution in [0.15, 0.2) is 22.8 Å². The molecule has 0 amide bonds.